The minimum absolute atomic E-state index is 0.501. The van der Waals surface area contributed by atoms with Gasteiger partial charge in [-0.3, -0.25) is 0 Å². The normalized spacial score (nSPS) is 15.2. The molecule has 0 saturated carbocycles. The summed E-state index contributed by atoms with van der Waals surface area (Å²) >= 11 is 0. The maximum Gasteiger partial charge on any atom is 0.134 e. The van der Waals surface area contributed by atoms with Gasteiger partial charge in [-0.15, -0.1) is 0 Å². The van der Waals surface area contributed by atoms with E-state index in [1.54, 1.807) is 0 Å². The van der Waals surface area contributed by atoms with E-state index in [-0.39, 0.29) is 0 Å². The van der Waals surface area contributed by atoms with Crippen LogP contribution in [-0.4, -0.2) is 0 Å². The predicted octanol–water partition coefficient (Wildman–Crippen LogP) is 3.97. The predicted molar refractivity (Wildman–Crippen MR) is 79.3 cm³/mol. The van der Waals surface area contributed by atoms with Crippen molar-refractivity contribution in [2.24, 2.45) is 11.7 Å². The van der Waals surface area contributed by atoms with Gasteiger partial charge in [0.2, 0.25) is 0 Å². The number of aryl methyl sites for hydroxylation is 2. The smallest absolute Gasteiger partial charge is 0.134 e. The van der Waals surface area contributed by atoms with Gasteiger partial charge in [0.05, 0.1) is 6.54 Å². The molecule has 1 heterocycles. The van der Waals surface area contributed by atoms with Crippen LogP contribution in [0.25, 0.3) is 11.0 Å². The Morgan fingerprint density at radius 2 is 1.84 bits per heavy atom. The maximum absolute atomic E-state index is 5.99. The van der Waals surface area contributed by atoms with E-state index < -0.39 is 0 Å². The summed E-state index contributed by atoms with van der Waals surface area (Å²) in [5.74, 6) is 1.60. The molecule has 0 aliphatic heterocycles. The van der Waals surface area contributed by atoms with E-state index in [1.165, 1.54) is 47.8 Å². The lowest BCUT2D eigenvalue weighted by atomic mass is 9.89. The number of hydrogen-bond donors (Lipinski definition) is 1. The molecule has 0 amide bonds. The summed E-state index contributed by atoms with van der Waals surface area (Å²) < 4.78 is 5.99. The fourth-order valence-corrected chi connectivity index (χ4v) is 3.22. The van der Waals surface area contributed by atoms with E-state index in [1.807, 2.05) is 0 Å². The lowest BCUT2D eigenvalue weighted by Gasteiger charge is -2.15. The summed E-state index contributed by atoms with van der Waals surface area (Å²) in [5.41, 5.74) is 11.2. The monoisotopic (exact) mass is 257 g/mol. The van der Waals surface area contributed by atoms with Crippen LogP contribution >= 0.6 is 0 Å². The first-order valence-corrected chi connectivity index (χ1v) is 7.45. The van der Waals surface area contributed by atoms with Gasteiger partial charge in [-0.1, -0.05) is 13.8 Å². The van der Waals surface area contributed by atoms with Crippen molar-refractivity contribution in [2.45, 2.75) is 52.5 Å². The third kappa shape index (κ3) is 2.30. The third-order valence-corrected chi connectivity index (χ3v) is 4.14. The Hall–Kier alpha value is -1.28. The van der Waals surface area contributed by atoms with Crippen LogP contribution in [0.2, 0.25) is 0 Å². The van der Waals surface area contributed by atoms with Crippen LogP contribution in [0.15, 0.2) is 16.5 Å². The number of furan rings is 1. The second-order valence-electron chi connectivity index (χ2n) is 6.13. The number of fused-ring (bicyclic) bond motifs is 2. The molecule has 0 fully saturated rings. The molecule has 0 atom stereocenters. The van der Waals surface area contributed by atoms with Gasteiger partial charge in [-0.25, -0.2) is 0 Å². The van der Waals surface area contributed by atoms with Gasteiger partial charge in [0.25, 0.3) is 0 Å². The number of hydrogen-bond acceptors (Lipinski definition) is 2. The highest BCUT2D eigenvalue weighted by molar-refractivity contribution is 5.84. The van der Waals surface area contributed by atoms with Crippen molar-refractivity contribution in [3.8, 4) is 0 Å². The van der Waals surface area contributed by atoms with Crippen molar-refractivity contribution in [2.75, 3.05) is 0 Å². The molecule has 2 N–H and O–H groups in total. The summed E-state index contributed by atoms with van der Waals surface area (Å²) in [4.78, 5) is 0. The molecule has 0 spiro atoms. The number of rotatable bonds is 3. The molecule has 2 aromatic rings. The third-order valence-electron chi connectivity index (χ3n) is 4.14. The Kier molecular flexibility index (Phi) is 3.36. The first kappa shape index (κ1) is 12.7. The van der Waals surface area contributed by atoms with E-state index in [0.717, 1.165) is 17.8 Å². The summed E-state index contributed by atoms with van der Waals surface area (Å²) in [6.45, 7) is 5.00. The van der Waals surface area contributed by atoms with Crippen LogP contribution < -0.4 is 5.73 Å². The largest absolute Gasteiger partial charge is 0.459 e. The first-order chi connectivity index (χ1) is 9.19. The SMILES string of the molecule is CC(C)Cc1c(CN)oc2cc3c(cc12)CCCC3. The minimum atomic E-state index is 0.501. The van der Waals surface area contributed by atoms with Crippen molar-refractivity contribution in [3.05, 3.63) is 34.6 Å². The molecule has 0 unspecified atom stereocenters. The average molecular weight is 257 g/mol. The Labute approximate surface area is 115 Å². The zero-order chi connectivity index (χ0) is 13.4. The average Bonchev–Trinajstić information content (AvgIpc) is 2.73. The zero-order valence-electron chi connectivity index (χ0n) is 12.0. The van der Waals surface area contributed by atoms with Crippen LogP contribution in [0.5, 0.6) is 0 Å². The molecule has 1 aromatic heterocycles. The molecule has 1 aromatic carbocycles. The molecule has 102 valence electrons. The van der Waals surface area contributed by atoms with Gasteiger partial charge in [0, 0.05) is 10.9 Å². The van der Waals surface area contributed by atoms with E-state index in [9.17, 15) is 0 Å². The van der Waals surface area contributed by atoms with Crippen LogP contribution in [0, 0.1) is 5.92 Å². The fraction of sp³-hybridized carbons (Fsp3) is 0.529. The number of nitrogens with two attached hydrogens (primary N) is 1. The summed E-state index contributed by atoms with van der Waals surface area (Å²) in [5, 5.41) is 1.30. The van der Waals surface area contributed by atoms with Gasteiger partial charge in [-0.05, 0) is 61.3 Å². The molecule has 19 heavy (non-hydrogen) atoms. The lowest BCUT2D eigenvalue weighted by Crippen LogP contribution is -2.03. The van der Waals surface area contributed by atoms with Crippen LogP contribution in [0.3, 0.4) is 0 Å². The first-order valence-electron chi connectivity index (χ1n) is 7.45. The van der Waals surface area contributed by atoms with E-state index in [0.29, 0.717) is 12.5 Å². The molecule has 3 rings (SSSR count). The standard InChI is InChI=1S/C17H23NO/c1-11(2)7-14-15-8-12-5-3-4-6-13(12)9-16(15)19-17(14)10-18/h8-9,11H,3-7,10,18H2,1-2H3. The summed E-state index contributed by atoms with van der Waals surface area (Å²) in [6.07, 6.45) is 6.10. The van der Waals surface area contributed by atoms with E-state index in [4.69, 9.17) is 10.2 Å². The molecule has 1 aliphatic carbocycles. The van der Waals surface area contributed by atoms with E-state index >= 15 is 0 Å². The van der Waals surface area contributed by atoms with Crippen molar-refractivity contribution < 1.29 is 4.42 Å². The van der Waals surface area contributed by atoms with Crippen molar-refractivity contribution >= 4 is 11.0 Å². The molecule has 0 radical (unpaired) electrons. The zero-order valence-corrected chi connectivity index (χ0v) is 12.0. The van der Waals surface area contributed by atoms with Crippen LogP contribution in [0.4, 0.5) is 0 Å². The van der Waals surface area contributed by atoms with Gasteiger partial charge in [0.1, 0.15) is 11.3 Å². The molecule has 2 heteroatoms. The van der Waals surface area contributed by atoms with Crippen LogP contribution in [0.1, 0.15) is 49.1 Å². The molecule has 2 nitrogen and oxygen atoms in total. The Morgan fingerprint density at radius 3 is 2.47 bits per heavy atom. The van der Waals surface area contributed by atoms with Gasteiger partial charge in [-0.2, -0.15) is 0 Å². The van der Waals surface area contributed by atoms with Gasteiger partial charge in [0.15, 0.2) is 0 Å². The van der Waals surface area contributed by atoms with E-state index in [2.05, 4.69) is 26.0 Å². The number of benzene rings is 1. The van der Waals surface area contributed by atoms with Crippen molar-refractivity contribution in [1.82, 2.24) is 0 Å². The second-order valence-corrected chi connectivity index (χ2v) is 6.13. The van der Waals surface area contributed by atoms with Gasteiger partial charge < -0.3 is 10.2 Å². The quantitative estimate of drug-likeness (QED) is 0.903. The molecular weight excluding hydrogens is 234 g/mol. The highest BCUT2D eigenvalue weighted by atomic mass is 16.3. The molecule has 1 aliphatic rings. The van der Waals surface area contributed by atoms with Crippen molar-refractivity contribution in [1.29, 1.82) is 0 Å². The van der Waals surface area contributed by atoms with Crippen LogP contribution in [-0.2, 0) is 25.8 Å². The Bertz CT molecular complexity index is 595. The topological polar surface area (TPSA) is 39.2 Å². The lowest BCUT2D eigenvalue weighted by molar-refractivity contribution is 0.535. The van der Waals surface area contributed by atoms with Crippen molar-refractivity contribution in [3.63, 3.8) is 0 Å². The highest BCUT2D eigenvalue weighted by Gasteiger charge is 2.18. The molecule has 0 bridgehead atoms. The minimum Gasteiger partial charge on any atom is -0.459 e. The summed E-state index contributed by atoms with van der Waals surface area (Å²) in [6, 6.07) is 4.62. The maximum atomic E-state index is 5.99. The summed E-state index contributed by atoms with van der Waals surface area (Å²) in [7, 11) is 0. The Balaban J connectivity index is 2.16. The fourth-order valence-electron chi connectivity index (χ4n) is 3.22. The molecule has 0 saturated heterocycles. The second kappa shape index (κ2) is 5.01. The molecular formula is C17H23NO. The van der Waals surface area contributed by atoms with Gasteiger partial charge >= 0.3 is 0 Å². The highest BCUT2D eigenvalue weighted by Crippen LogP contribution is 2.33. The Morgan fingerprint density at radius 1 is 1.16 bits per heavy atom.